The SMILES string of the molecule is Oc1c(O)c(O)c(O)c(O)c1O.Oc1cc(O)c(O)cc1O.Oc1ccc(O)c2ccccc12.Oc1ccc(O)cc1.Oc1ccc(O)cc1. The topological polar surface area (TPSA) is 324 Å². The van der Waals surface area contributed by atoms with E-state index >= 15 is 0 Å². The van der Waals surface area contributed by atoms with Crippen LogP contribution in [0, 0.1) is 0 Å². The first-order valence-electron chi connectivity index (χ1n) is 13.6. The Bertz CT molecular complexity index is 1730. The molecule has 6 aromatic carbocycles. The third kappa shape index (κ3) is 10.7. The van der Waals surface area contributed by atoms with Crippen molar-refractivity contribution in [3.8, 4) is 92.0 Å². The van der Waals surface area contributed by atoms with E-state index in [2.05, 4.69) is 0 Å². The molecule has 0 spiro atoms. The highest BCUT2D eigenvalue weighted by Crippen LogP contribution is 2.54. The Morgan fingerprint density at radius 1 is 0.220 bits per heavy atom. The Kier molecular flexibility index (Phi) is 13.4. The molecule has 0 saturated carbocycles. The second kappa shape index (κ2) is 17.3. The second-order valence-electron chi connectivity index (χ2n) is 9.60. The standard InChI is InChI=1S/C10H8O2.C6H6O6.C6H6O4.2C6H6O2/c11-9-5-6-10(12)8-4-2-1-3-7(8)9;7-1-2(8)4(10)6(12)5(11)3(1)9;7-3-1-4(8)6(10)2-5(3)9;2*7-5-1-2-6(8)4-3-5/h1-6,11-12H;7-12H;1-2,7-10H;2*1-4,7-8H. The van der Waals surface area contributed by atoms with Gasteiger partial charge in [-0.05, 0) is 60.7 Å². The van der Waals surface area contributed by atoms with Crippen LogP contribution in [0.2, 0.25) is 0 Å². The lowest BCUT2D eigenvalue weighted by atomic mass is 10.1. The van der Waals surface area contributed by atoms with Gasteiger partial charge in [-0.2, -0.15) is 0 Å². The van der Waals surface area contributed by atoms with Gasteiger partial charge in [0.15, 0.2) is 23.0 Å². The summed E-state index contributed by atoms with van der Waals surface area (Å²) in [5, 5.41) is 142. The van der Waals surface area contributed by atoms with Gasteiger partial charge in [0.2, 0.25) is 34.5 Å². The van der Waals surface area contributed by atoms with Crippen molar-refractivity contribution < 1.29 is 81.7 Å². The average molecular weight is 697 g/mol. The van der Waals surface area contributed by atoms with Crippen molar-refractivity contribution in [1.82, 2.24) is 0 Å². The summed E-state index contributed by atoms with van der Waals surface area (Å²) in [7, 11) is 0. The van der Waals surface area contributed by atoms with Gasteiger partial charge in [0.1, 0.15) is 34.5 Å². The number of phenols is 16. The summed E-state index contributed by atoms with van der Waals surface area (Å²) >= 11 is 0. The molecule has 0 aliphatic rings. The molecule has 0 fully saturated rings. The van der Waals surface area contributed by atoms with Crippen molar-refractivity contribution in [2.24, 2.45) is 0 Å². The molecule has 16 nitrogen and oxygen atoms in total. The van der Waals surface area contributed by atoms with Crippen LogP contribution in [-0.2, 0) is 0 Å². The largest absolute Gasteiger partial charge is 0.508 e. The molecular formula is C34H32O16. The second-order valence-corrected chi connectivity index (χ2v) is 9.60. The molecular weight excluding hydrogens is 664 g/mol. The van der Waals surface area contributed by atoms with E-state index in [4.69, 9.17) is 71.5 Å². The lowest BCUT2D eigenvalue weighted by molar-refractivity contribution is 0.303. The van der Waals surface area contributed by atoms with E-state index in [0.717, 1.165) is 12.1 Å². The van der Waals surface area contributed by atoms with Gasteiger partial charge in [-0.15, -0.1) is 0 Å². The summed E-state index contributed by atoms with van der Waals surface area (Å²) in [5.41, 5.74) is 0. The molecule has 0 bridgehead atoms. The van der Waals surface area contributed by atoms with Crippen molar-refractivity contribution in [2.45, 2.75) is 0 Å². The van der Waals surface area contributed by atoms with E-state index in [1.165, 1.54) is 60.7 Å². The molecule has 50 heavy (non-hydrogen) atoms. The zero-order valence-electron chi connectivity index (χ0n) is 25.4. The van der Waals surface area contributed by atoms with Crippen LogP contribution < -0.4 is 0 Å². The van der Waals surface area contributed by atoms with Crippen LogP contribution in [0.15, 0.2) is 97.1 Å². The first kappa shape index (κ1) is 38.6. The third-order valence-corrected chi connectivity index (χ3v) is 6.00. The monoisotopic (exact) mass is 696 g/mol. The number of aromatic hydroxyl groups is 16. The fourth-order valence-electron chi connectivity index (χ4n) is 3.40. The normalized spacial score (nSPS) is 9.68. The number of benzene rings is 6. The highest BCUT2D eigenvalue weighted by molar-refractivity contribution is 5.92. The van der Waals surface area contributed by atoms with E-state index in [0.29, 0.717) is 10.8 Å². The van der Waals surface area contributed by atoms with Gasteiger partial charge in [-0.1, -0.05) is 24.3 Å². The molecule has 0 aromatic heterocycles. The molecule has 0 aliphatic carbocycles. The van der Waals surface area contributed by atoms with Gasteiger partial charge >= 0.3 is 0 Å². The van der Waals surface area contributed by atoms with Gasteiger partial charge < -0.3 is 81.7 Å². The van der Waals surface area contributed by atoms with E-state index in [1.807, 2.05) is 12.1 Å². The van der Waals surface area contributed by atoms with E-state index in [9.17, 15) is 10.2 Å². The minimum Gasteiger partial charge on any atom is -0.508 e. The van der Waals surface area contributed by atoms with Crippen molar-refractivity contribution in [1.29, 1.82) is 0 Å². The van der Waals surface area contributed by atoms with E-state index in [-0.39, 0.29) is 34.5 Å². The summed E-state index contributed by atoms with van der Waals surface area (Å²) in [6, 6.07) is 23.3. The van der Waals surface area contributed by atoms with Gasteiger partial charge in [-0.3, -0.25) is 0 Å². The first-order chi connectivity index (χ1) is 23.4. The van der Waals surface area contributed by atoms with Crippen LogP contribution in [0.25, 0.3) is 10.8 Å². The maximum atomic E-state index is 9.38. The number of rotatable bonds is 0. The van der Waals surface area contributed by atoms with Crippen molar-refractivity contribution in [3.63, 3.8) is 0 Å². The quantitative estimate of drug-likeness (QED) is 0.0743. The van der Waals surface area contributed by atoms with Crippen molar-refractivity contribution in [3.05, 3.63) is 97.1 Å². The highest BCUT2D eigenvalue weighted by Gasteiger charge is 2.22. The Morgan fingerprint density at radius 3 is 0.620 bits per heavy atom. The fraction of sp³-hybridized carbons (Fsp3) is 0. The molecule has 0 heterocycles. The third-order valence-electron chi connectivity index (χ3n) is 6.00. The average Bonchev–Trinajstić information content (AvgIpc) is 3.10. The minimum atomic E-state index is -1.09. The van der Waals surface area contributed by atoms with Gasteiger partial charge in [0.25, 0.3) is 0 Å². The predicted octanol–water partition coefficient (Wildman–Crippen LogP) is 4.88. The Balaban J connectivity index is 0.000000219. The number of phenolic OH excluding ortho intramolecular Hbond substituents is 16. The van der Waals surface area contributed by atoms with Gasteiger partial charge in [0, 0.05) is 22.9 Å². The van der Waals surface area contributed by atoms with Gasteiger partial charge in [-0.25, -0.2) is 0 Å². The molecule has 0 atom stereocenters. The number of hydrogen-bond donors (Lipinski definition) is 16. The molecule has 6 aromatic rings. The summed E-state index contributed by atoms with van der Waals surface area (Å²) in [4.78, 5) is 0. The van der Waals surface area contributed by atoms with Crippen LogP contribution in [0.5, 0.6) is 92.0 Å². The Hall–Kier alpha value is -7.62. The number of fused-ring (bicyclic) bond motifs is 1. The zero-order valence-corrected chi connectivity index (χ0v) is 25.4. The smallest absolute Gasteiger partial charge is 0.208 e. The maximum Gasteiger partial charge on any atom is 0.208 e. The first-order valence-corrected chi connectivity index (χ1v) is 13.6. The predicted molar refractivity (Wildman–Crippen MR) is 176 cm³/mol. The Morgan fingerprint density at radius 2 is 0.420 bits per heavy atom. The summed E-state index contributed by atoms with van der Waals surface area (Å²) in [6.07, 6.45) is 0. The van der Waals surface area contributed by atoms with Crippen molar-refractivity contribution >= 4 is 10.8 Å². The van der Waals surface area contributed by atoms with E-state index in [1.54, 1.807) is 12.1 Å². The molecule has 264 valence electrons. The van der Waals surface area contributed by atoms with Gasteiger partial charge in [0.05, 0.1) is 0 Å². The molecule has 16 N–H and O–H groups in total. The summed E-state index contributed by atoms with van der Waals surface area (Å²) < 4.78 is 0. The lowest BCUT2D eigenvalue weighted by Crippen LogP contribution is -1.77. The molecule has 0 amide bonds. The maximum absolute atomic E-state index is 9.38. The van der Waals surface area contributed by atoms with Crippen LogP contribution >= 0.6 is 0 Å². The van der Waals surface area contributed by atoms with E-state index < -0.39 is 57.5 Å². The molecule has 0 saturated heterocycles. The summed E-state index contributed by atoms with van der Waals surface area (Å²) in [6.45, 7) is 0. The van der Waals surface area contributed by atoms with Crippen LogP contribution in [0.3, 0.4) is 0 Å². The molecule has 0 aliphatic heterocycles. The van der Waals surface area contributed by atoms with Crippen molar-refractivity contribution in [2.75, 3.05) is 0 Å². The Labute approximate surface area is 281 Å². The van der Waals surface area contributed by atoms with Crippen LogP contribution in [0.4, 0.5) is 0 Å². The molecule has 0 unspecified atom stereocenters. The summed E-state index contributed by atoms with van der Waals surface area (Å²) in [5.74, 6) is -7.35. The van der Waals surface area contributed by atoms with Crippen LogP contribution in [-0.4, -0.2) is 81.7 Å². The number of hydrogen-bond acceptors (Lipinski definition) is 16. The van der Waals surface area contributed by atoms with Crippen LogP contribution in [0.1, 0.15) is 0 Å². The molecule has 0 radical (unpaired) electrons. The molecule has 6 rings (SSSR count). The zero-order chi connectivity index (χ0) is 37.7. The minimum absolute atomic E-state index is 0.169. The lowest BCUT2D eigenvalue weighted by Gasteiger charge is -2.06. The molecule has 16 heteroatoms. The highest BCUT2D eigenvalue weighted by atomic mass is 16.4. The fourth-order valence-corrected chi connectivity index (χ4v) is 3.40.